The monoisotopic (exact) mass is 340 g/mol. The van der Waals surface area contributed by atoms with E-state index in [4.69, 9.17) is 23.8 Å². The highest BCUT2D eigenvalue weighted by Crippen LogP contribution is 2.22. The van der Waals surface area contributed by atoms with Gasteiger partial charge in [0.15, 0.2) is 5.11 Å². The number of thiocarbonyl (C=S) groups is 1. The third-order valence-corrected chi connectivity index (χ3v) is 3.83. The molecule has 0 spiro atoms. The lowest BCUT2D eigenvalue weighted by Crippen LogP contribution is -2.34. The molecule has 1 amide bonds. The standard InChI is InChI=1S/C18H13ClN2OS/c19-14-10-8-13(9-11-14)17(22)21-18(23)20-16-7-3-5-12-4-1-2-6-15(12)16/h1-11H,(H2,20,21,22,23). The first-order valence-electron chi connectivity index (χ1n) is 6.99. The summed E-state index contributed by atoms with van der Waals surface area (Å²) in [4.78, 5) is 12.1. The van der Waals surface area contributed by atoms with Gasteiger partial charge in [0.1, 0.15) is 0 Å². The van der Waals surface area contributed by atoms with Crippen LogP contribution >= 0.6 is 23.8 Å². The fraction of sp³-hybridized carbons (Fsp3) is 0. The SMILES string of the molecule is O=C(NC(=S)Nc1cccc2ccccc12)c1ccc(Cl)cc1. The molecule has 0 aliphatic carbocycles. The molecule has 3 nitrogen and oxygen atoms in total. The Labute approximate surface area is 144 Å². The summed E-state index contributed by atoms with van der Waals surface area (Å²) in [5, 5.41) is 8.71. The fourth-order valence-electron chi connectivity index (χ4n) is 2.26. The van der Waals surface area contributed by atoms with E-state index in [2.05, 4.69) is 10.6 Å². The Kier molecular flexibility index (Phi) is 4.55. The minimum absolute atomic E-state index is 0.251. The molecule has 0 radical (unpaired) electrons. The van der Waals surface area contributed by atoms with Crippen LogP contribution in [0.2, 0.25) is 5.02 Å². The van der Waals surface area contributed by atoms with Gasteiger partial charge >= 0.3 is 0 Å². The molecule has 0 saturated carbocycles. The number of hydrogen-bond donors (Lipinski definition) is 2. The summed E-state index contributed by atoms with van der Waals surface area (Å²) in [6, 6.07) is 20.5. The molecule has 0 bridgehead atoms. The van der Waals surface area contributed by atoms with Crippen LogP contribution in [0.1, 0.15) is 10.4 Å². The van der Waals surface area contributed by atoms with Gasteiger partial charge in [-0.1, -0.05) is 48.0 Å². The average Bonchev–Trinajstić information content (AvgIpc) is 2.55. The summed E-state index contributed by atoms with van der Waals surface area (Å²) in [5.74, 6) is -0.278. The first kappa shape index (κ1) is 15.5. The quantitative estimate of drug-likeness (QED) is 0.669. The van der Waals surface area contributed by atoms with Crippen molar-refractivity contribution in [1.29, 1.82) is 0 Å². The van der Waals surface area contributed by atoms with Crippen molar-refractivity contribution in [3.63, 3.8) is 0 Å². The molecule has 0 unspecified atom stereocenters. The molecule has 0 aliphatic heterocycles. The van der Waals surface area contributed by atoms with E-state index < -0.39 is 0 Å². The Bertz CT molecular complexity index is 872. The van der Waals surface area contributed by atoms with Crippen LogP contribution < -0.4 is 10.6 Å². The average molecular weight is 341 g/mol. The van der Waals surface area contributed by atoms with E-state index >= 15 is 0 Å². The Balaban J connectivity index is 1.74. The molecule has 0 saturated heterocycles. The summed E-state index contributed by atoms with van der Waals surface area (Å²) in [6.45, 7) is 0. The third kappa shape index (κ3) is 3.67. The Morgan fingerprint density at radius 2 is 1.61 bits per heavy atom. The normalized spacial score (nSPS) is 10.3. The number of carbonyl (C=O) groups is 1. The topological polar surface area (TPSA) is 41.1 Å². The molecule has 0 aromatic heterocycles. The first-order chi connectivity index (χ1) is 11.1. The molecule has 0 atom stereocenters. The molecule has 3 rings (SSSR count). The smallest absolute Gasteiger partial charge is 0.257 e. The third-order valence-electron chi connectivity index (χ3n) is 3.37. The highest BCUT2D eigenvalue weighted by Gasteiger charge is 2.09. The van der Waals surface area contributed by atoms with Gasteiger partial charge in [0.25, 0.3) is 5.91 Å². The van der Waals surface area contributed by atoms with Crippen LogP contribution in [0.4, 0.5) is 5.69 Å². The lowest BCUT2D eigenvalue weighted by molar-refractivity contribution is 0.0978. The van der Waals surface area contributed by atoms with E-state index in [1.54, 1.807) is 24.3 Å². The number of nitrogens with one attached hydrogen (secondary N) is 2. The number of rotatable bonds is 2. The predicted octanol–water partition coefficient (Wildman–Crippen LogP) is 4.62. The zero-order valence-corrected chi connectivity index (χ0v) is 13.6. The number of benzene rings is 3. The van der Waals surface area contributed by atoms with Crippen molar-refractivity contribution >= 4 is 51.3 Å². The van der Waals surface area contributed by atoms with Gasteiger partial charge in [0.2, 0.25) is 0 Å². The second-order valence-corrected chi connectivity index (χ2v) is 5.79. The van der Waals surface area contributed by atoms with Crippen molar-refractivity contribution in [2.45, 2.75) is 0 Å². The molecular weight excluding hydrogens is 328 g/mol. The van der Waals surface area contributed by atoms with Crippen molar-refractivity contribution in [3.05, 3.63) is 77.3 Å². The highest BCUT2D eigenvalue weighted by molar-refractivity contribution is 7.80. The van der Waals surface area contributed by atoms with Gasteiger partial charge in [0, 0.05) is 21.7 Å². The maximum absolute atomic E-state index is 12.1. The van der Waals surface area contributed by atoms with E-state index in [9.17, 15) is 4.79 Å². The zero-order valence-electron chi connectivity index (χ0n) is 12.0. The van der Waals surface area contributed by atoms with Crippen LogP contribution in [0.15, 0.2) is 66.7 Å². The van der Waals surface area contributed by atoms with Crippen LogP contribution in [0, 0.1) is 0 Å². The summed E-state index contributed by atoms with van der Waals surface area (Å²) in [5.41, 5.74) is 1.35. The predicted molar refractivity (Wildman–Crippen MR) is 99.1 cm³/mol. The van der Waals surface area contributed by atoms with E-state index in [-0.39, 0.29) is 11.0 Å². The number of anilines is 1. The van der Waals surface area contributed by atoms with Gasteiger partial charge in [-0.05, 0) is 47.9 Å². The van der Waals surface area contributed by atoms with E-state index in [1.807, 2.05) is 42.5 Å². The van der Waals surface area contributed by atoms with E-state index in [1.165, 1.54) is 0 Å². The number of amides is 1. The molecule has 3 aromatic carbocycles. The molecule has 3 aromatic rings. The summed E-state index contributed by atoms with van der Waals surface area (Å²) >= 11 is 11.0. The molecule has 0 fully saturated rings. The Morgan fingerprint density at radius 1 is 0.913 bits per heavy atom. The molecule has 0 heterocycles. The largest absolute Gasteiger partial charge is 0.332 e. The lowest BCUT2D eigenvalue weighted by atomic mass is 10.1. The van der Waals surface area contributed by atoms with E-state index in [0.29, 0.717) is 10.6 Å². The summed E-state index contributed by atoms with van der Waals surface area (Å²) < 4.78 is 0. The number of halogens is 1. The Morgan fingerprint density at radius 3 is 2.39 bits per heavy atom. The van der Waals surface area contributed by atoms with Crippen molar-refractivity contribution in [1.82, 2.24) is 5.32 Å². The number of fused-ring (bicyclic) bond motifs is 1. The zero-order chi connectivity index (χ0) is 16.2. The second-order valence-electron chi connectivity index (χ2n) is 4.94. The Hall–Kier alpha value is -2.43. The minimum Gasteiger partial charge on any atom is -0.332 e. The van der Waals surface area contributed by atoms with E-state index in [0.717, 1.165) is 16.5 Å². The van der Waals surface area contributed by atoms with Gasteiger partial charge < -0.3 is 5.32 Å². The number of hydrogen-bond acceptors (Lipinski definition) is 2. The van der Waals surface area contributed by atoms with Crippen LogP contribution in [0.5, 0.6) is 0 Å². The fourth-order valence-corrected chi connectivity index (χ4v) is 2.59. The van der Waals surface area contributed by atoms with Crippen molar-refractivity contribution < 1.29 is 4.79 Å². The van der Waals surface area contributed by atoms with Crippen molar-refractivity contribution in [2.24, 2.45) is 0 Å². The van der Waals surface area contributed by atoms with Gasteiger partial charge in [-0.15, -0.1) is 0 Å². The molecule has 5 heteroatoms. The molecular formula is C18H13ClN2OS. The molecule has 0 aliphatic rings. The van der Waals surface area contributed by atoms with Gasteiger partial charge in [0.05, 0.1) is 0 Å². The van der Waals surface area contributed by atoms with Crippen LogP contribution in [0.3, 0.4) is 0 Å². The van der Waals surface area contributed by atoms with Crippen LogP contribution in [-0.4, -0.2) is 11.0 Å². The van der Waals surface area contributed by atoms with Gasteiger partial charge in [-0.3, -0.25) is 10.1 Å². The molecule has 114 valence electrons. The first-order valence-corrected chi connectivity index (χ1v) is 7.78. The van der Waals surface area contributed by atoms with Crippen LogP contribution in [-0.2, 0) is 0 Å². The molecule has 23 heavy (non-hydrogen) atoms. The van der Waals surface area contributed by atoms with Gasteiger partial charge in [-0.2, -0.15) is 0 Å². The molecule has 2 N–H and O–H groups in total. The van der Waals surface area contributed by atoms with Crippen molar-refractivity contribution in [2.75, 3.05) is 5.32 Å². The lowest BCUT2D eigenvalue weighted by Gasteiger charge is -2.12. The van der Waals surface area contributed by atoms with Crippen molar-refractivity contribution in [3.8, 4) is 0 Å². The maximum Gasteiger partial charge on any atom is 0.257 e. The van der Waals surface area contributed by atoms with Gasteiger partial charge in [-0.25, -0.2) is 0 Å². The van der Waals surface area contributed by atoms with Crippen LogP contribution in [0.25, 0.3) is 10.8 Å². The maximum atomic E-state index is 12.1. The second kappa shape index (κ2) is 6.77. The number of carbonyl (C=O) groups excluding carboxylic acids is 1. The summed E-state index contributed by atoms with van der Waals surface area (Å²) in [7, 11) is 0. The minimum atomic E-state index is -0.278. The summed E-state index contributed by atoms with van der Waals surface area (Å²) in [6.07, 6.45) is 0. The highest BCUT2D eigenvalue weighted by atomic mass is 35.5.